The molecule has 0 heterocycles. The van der Waals surface area contributed by atoms with Gasteiger partial charge in [0.1, 0.15) is 11.6 Å². The van der Waals surface area contributed by atoms with Crippen molar-refractivity contribution in [3.63, 3.8) is 0 Å². The first-order valence-electron chi connectivity index (χ1n) is 5.77. The number of methoxy groups -OCH3 is 1. The van der Waals surface area contributed by atoms with Gasteiger partial charge in [-0.25, -0.2) is 4.39 Å². The number of hydrogen-bond donors (Lipinski definition) is 1. The molecule has 3 nitrogen and oxygen atoms in total. The van der Waals surface area contributed by atoms with E-state index in [4.69, 9.17) is 22.1 Å². The van der Waals surface area contributed by atoms with Gasteiger partial charge in [-0.05, 0) is 24.3 Å². The van der Waals surface area contributed by atoms with Crippen LogP contribution in [0.4, 0.5) is 10.1 Å². The van der Waals surface area contributed by atoms with E-state index < -0.39 is 16.6 Å². The van der Waals surface area contributed by atoms with Crippen LogP contribution in [0.5, 0.6) is 5.75 Å². The second kappa shape index (κ2) is 6.24. The summed E-state index contributed by atoms with van der Waals surface area (Å²) in [5.74, 6) is 0.00931. The van der Waals surface area contributed by atoms with Gasteiger partial charge in [0.15, 0.2) is 0 Å². The van der Waals surface area contributed by atoms with E-state index in [-0.39, 0.29) is 5.75 Å². The summed E-state index contributed by atoms with van der Waals surface area (Å²) in [6.07, 6.45) is 0. The summed E-state index contributed by atoms with van der Waals surface area (Å²) < 4.78 is 31.0. The molecule has 2 N–H and O–H groups in total. The molecule has 6 heteroatoms. The first kappa shape index (κ1) is 14.8. The number of hydrogen-bond acceptors (Lipinski definition) is 3. The van der Waals surface area contributed by atoms with Gasteiger partial charge in [-0.3, -0.25) is 4.21 Å². The number of nitrogens with two attached hydrogens (primary N) is 1. The highest BCUT2D eigenvalue weighted by molar-refractivity contribution is 7.84. The van der Waals surface area contributed by atoms with Crippen LogP contribution in [0.15, 0.2) is 41.3 Å². The average Bonchev–Trinajstić information content (AvgIpc) is 2.40. The molecule has 0 aliphatic rings. The SMILES string of the molecule is COc1ccc(CS(=O)c2ccc(Cl)cc2N)c(F)c1. The fourth-order valence-corrected chi connectivity index (χ4v) is 3.11. The molecule has 2 rings (SSSR count). The maximum atomic E-state index is 13.8. The smallest absolute Gasteiger partial charge is 0.131 e. The van der Waals surface area contributed by atoms with Crippen molar-refractivity contribution in [3.05, 3.63) is 52.8 Å². The highest BCUT2D eigenvalue weighted by Gasteiger charge is 2.12. The molecule has 2 aromatic rings. The highest BCUT2D eigenvalue weighted by atomic mass is 35.5. The van der Waals surface area contributed by atoms with Crippen molar-refractivity contribution in [2.24, 2.45) is 0 Å². The number of rotatable bonds is 4. The molecule has 106 valence electrons. The minimum atomic E-state index is -1.44. The van der Waals surface area contributed by atoms with Crippen molar-refractivity contribution >= 4 is 28.1 Å². The number of halogens is 2. The third kappa shape index (κ3) is 3.29. The predicted molar refractivity (Wildman–Crippen MR) is 78.9 cm³/mol. The van der Waals surface area contributed by atoms with Crippen molar-refractivity contribution in [3.8, 4) is 5.75 Å². The minimum Gasteiger partial charge on any atom is -0.497 e. The molecule has 0 aliphatic heterocycles. The van der Waals surface area contributed by atoms with E-state index in [9.17, 15) is 8.60 Å². The maximum absolute atomic E-state index is 13.8. The molecular weight excluding hydrogens is 301 g/mol. The van der Waals surface area contributed by atoms with Crippen molar-refractivity contribution in [1.82, 2.24) is 0 Å². The van der Waals surface area contributed by atoms with Crippen LogP contribution < -0.4 is 10.5 Å². The summed E-state index contributed by atoms with van der Waals surface area (Å²) in [5.41, 5.74) is 6.45. The number of benzene rings is 2. The van der Waals surface area contributed by atoms with E-state index in [1.807, 2.05) is 0 Å². The summed E-state index contributed by atoms with van der Waals surface area (Å²) in [6, 6.07) is 9.17. The van der Waals surface area contributed by atoms with Gasteiger partial charge in [0, 0.05) is 22.3 Å². The Bertz CT molecular complexity index is 664. The summed E-state index contributed by atoms with van der Waals surface area (Å²) in [4.78, 5) is 0.449. The van der Waals surface area contributed by atoms with Crippen molar-refractivity contribution < 1.29 is 13.3 Å². The Morgan fingerprint density at radius 3 is 2.65 bits per heavy atom. The fraction of sp³-hybridized carbons (Fsp3) is 0.143. The van der Waals surface area contributed by atoms with Gasteiger partial charge >= 0.3 is 0 Å². The Kier molecular flexibility index (Phi) is 4.62. The third-order valence-electron chi connectivity index (χ3n) is 2.76. The standard InChI is InChI=1S/C14H13ClFNO2S/c1-19-11-4-2-9(12(16)7-11)8-20(18)14-5-3-10(15)6-13(14)17/h2-7H,8,17H2,1H3. The van der Waals surface area contributed by atoms with E-state index in [1.165, 1.54) is 19.2 Å². The lowest BCUT2D eigenvalue weighted by Gasteiger charge is -2.08. The Balaban J connectivity index is 2.23. The van der Waals surface area contributed by atoms with Gasteiger partial charge in [0.2, 0.25) is 0 Å². The molecule has 0 bridgehead atoms. The van der Waals surface area contributed by atoms with Crippen LogP contribution >= 0.6 is 11.6 Å². The Hall–Kier alpha value is -1.59. The predicted octanol–water partition coefficient (Wildman–Crippen LogP) is 3.38. The molecule has 0 aliphatic carbocycles. The van der Waals surface area contributed by atoms with Gasteiger partial charge in [-0.15, -0.1) is 0 Å². The van der Waals surface area contributed by atoms with E-state index >= 15 is 0 Å². The summed E-state index contributed by atoms with van der Waals surface area (Å²) in [6.45, 7) is 0. The van der Waals surface area contributed by atoms with Crippen LogP contribution in [0, 0.1) is 5.82 Å². The molecule has 0 radical (unpaired) electrons. The van der Waals surface area contributed by atoms with Crippen molar-refractivity contribution in [1.29, 1.82) is 0 Å². The Labute approximate surface area is 124 Å². The van der Waals surface area contributed by atoms with Gasteiger partial charge in [0.05, 0.1) is 28.6 Å². The zero-order valence-corrected chi connectivity index (χ0v) is 12.3. The largest absolute Gasteiger partial charge is 0.497 e. The normalized spacial score (nSPS) is 12.2. The number of ether oxygens (including phenoxy) is 1. The quantitative estimate of drug-likeness (QED) is 0.880. The summed E-state index contributed by atoms with van der Waals surface area (Å²) in [5, 5.41) is 0.471. The lowest BCUT2D eigenvalue weighted by molar-refractivity contribution is 0.411. The monoisotopic (exact) mass is 313 g/mol. The fourth-order valence-electron chi connectivity index (χ4n) is 1.72. The molecule has 2 aromatic carbocycles. The summed E-state index contributed by atoms with van der Waals surface area (Å²) >= 11 is 5.79. The molecule has 0 fully saturated rings. The zero-order valence-electron chi connectivity index (χ0n) is 10.7. The second-order valence-electron chi connectivity index (χ2n) is 4.13. The first-order chi connectivity index (χ1) is 9.51. The van der Waals surface area contributed by atoms with Gasteiger partial charge < -0.3 is 10.5 Å². The van der Waals surface area contributed by atoms with E-state index in [2.05, 4.69) is 0 Å². The second-order valence-corrected chi connectivity index (χ2v) is 5.99. The number of nitrogen functional groups attached to an aromatic ring is 1. The van der Waals surface area contributed by atoms with Crippen LogP contribution in [0.25, 0.3) is 0 Å². The van der Waals surface area contributed by atoms with E-state index in [1.54, 1.807) is 24.3 Å². The average molecular weight is 314 g/mol. The molecule has 0 spiro atoms. The van der Waals surface area contributed by atoms with Crippen LogP contribution in [0.1, 0.15) is 5.56 Å². The topological polar surface area (TPSA) is 52.3 Å². The summed E-state index contributed by atoms with van der Waals surface area (Å²) in [7, 11) is 0.0218. The van der Waals surface area contributed by atoms with Crippen LogP contribution in [-0.2, 0) is 16.6 Å². The minimum absolute atomic E-state index is 0.0433. The molecule has 1 unspecified atom stereocenters. The first-order valence-corrected chi connectivity index (χ1v) is 7.46. The van der Waals surface area contributed by atoms with Crippen molar-refractivity contribution in [2.45, 2.75) is 10.6 Å². The van der Waals surface area contributed by atoms with Gasteiger partial charge in [-0.2, -0.15) is 0 Å². The Morgan fingerprint density at radius 1 is 1.30 bits per heavy atom. The zero-order chi connectivity index (χ0) is 14.7. The lowest BCUT2D eigenvalue weighted by Crippen LogP contribution is -2.02. The van der Waals surface area contributed by atoms with Gasteiger partial charge in [-0.1, -0.05) is 17.7 Å². The molecular formula is C14H13ClFNO2S. The number of anilines is 1. The molecule has 0 aromatic heterocycles. The molecule has 0 saturated carbocycles. The molecule has 1 atom stereocenters. The maximum Gasteiger partial charge on any atom is 0.131 e. The van der Waals surface area contributed by atoms with Crippen LogP contribution in [0.3, 0.4) is 0 Å². The molecule has 0 saturated heterocycles. The lowest BCUT2D eigenvalue weighted by atomic mass is 10.2. The van der Waals surface area contributed by atoms with E-state index in [0.29, 0.717) is 26.9 Å². The van der Waals surface area contributed by atoms with Crippen LogP contribution in [0.2, 0.25) is 5.02 Å². The molecule has 0 amide bonds. The van der Waals surface area contributed by atoms with E-state index in [0.717, 1.165) is 0 Å². The van der Waals surface area contributed by atoms with Crippen LogP contribution in [-0.4, -0.2) is 11.3 Å². The highest BCUT2D eigenvalue weighted by Crippen LogP contribution is 2.24. The third-order valence-corrected chi connectivity index (χ3v) is 4.43. The Morgan fingerprint density at radius 2 is 2.05 bits per heavy atom. The van der Waals surface area contributed by atoms with Gasteiger partial charge in [0.25, 0.3) is 0 Å². The molecule has 20 heavy (non-hydrogen) atoms. The van der Waals surface area contributed by atoms with Crippen molar-refractivity contribution in [2.75, 3.05) is 12.8 Å².